The second kappa shape index (κ2) is 22.4. The predicted octanol–water partition coefficient (Wildman–Crippen LogP) is 6.06. The van der Waals surface area contributed by atoms with E-state index in [-0.39, 0.29) is 90.5 Å². The van der Waals surface area contributed by atoms with Gasteiger partial charge in [-0.15, -0.1) is 0 Å². The van der Waals surface area contributed by atoms with Gasteiger partial charge in [0.15, 0.2) is 5.78 Å². The first kappa shape index (κ1) is 48.2. The third-order valence-electron chi connectivity index (χ3n) is 13.4. The van der Waals surface area contributed by atoms with Gasteiger partial charge >= 0.3 is 0 Å². The van der Waals surface area contributed by atoms with Crippen molar-refractivity contribution in [2.45, 2.75) is 149 Å². The van der Waals surface area contributed by atoms with Crippen LogP contribution in [0.25, 0.3) is 0 Å². The number of ether oxygens (including phenoxy) is 2. The number of Topliss-reactive ketones (excluding diaryl/α,β-unsaturated/α-hetero) is 2. The fraction of sp³-hybridized carbons (Fsp3) is 0.723. The quantitative estimate of drug-likeness (QED) is 0.131. The number of nitrogens with zero attached hydrogens (tertiary/aromatic N) is 3. The molecule has 3 aliphatic heterocycles. The molecule has 12 heteroatoms. The highest BCUT2D eigenvalue weighted by Crippen LogP contribution is 2.34. The van der Waals surface area contributed by atoms with Gasteiger partial charge in [0, 0.05) is 52.5 Å². The monoisotopic (exact) mass is 823 g/mol. The number of rotatable bonds is 23. The first-order valence-corrected chi connectivity index (χ1v) is 22.1. The number of nitrogens with one attached hydrogen (secondary N) is 1. The second-order valence-electron chi connectivity index (χ2n) is 18.0. The Hall–Kier alpha value is -3.45. The molecule has 12 nitrogen and oxygen atoms in total. The first-order chi connectivity index (χ1) is 28.1. The summed E-state index contributed by atoms with van der Waals surface area (Å²) < 4.78 is 12.2. The molecule has 0 spiro atoms. The topological polar surface area (TPSA) is 135 Å². The zero-order valence-electron chi connectivity index (χ0n) is 37.7. The van der Waals surface area contributed by atoms with Crippen molar-refractivity contribution >= 4 is 29.3 Å². The molecule has 1 aliphatic carbocycles. The molecule has 2 bridgehead atoms. The molecule has 5 rings (SSSR count). The van der Waals surface area contributed by atoms with Gasteiger partial charge in [-0.05, 0) is 62.5 Å². The van der Waals surface area contributed by atoms with Crippen molar-refractivity contribution in [1.82, 2.24) is 20.2 Å². The number of amides is 3. The predicted molar refractivity (Wildman–Crippen MR) is 229 cm³/mol. The Morgan fingerprint density at radius 3 is 2.10 bits per heavy atom. The summed E-state index contributed by atoms with van der Waals surface area (Å²) in [4.78, 5) is 80.0. The van der Waals surface area contributed by atoms with Crippen LogP contribution in [-0.4, -0.2) is 121 Å². The number of carbonyl (C=O) groups is 5. The zero-order valence-corrected chi connectivity index (χ0v) is 37.7. The fourth-order valence-electron chi connectivity index (χ4n) is 9.68. The van der Waals surface area contributed by atoms with Gasteiger partial charge < -0.3 is 24.6 Å². The highest BCUT2D eigenvalue weighted by atomic mass is 16.7. The Morgan fingerprint density at radius 2 is 1.58 bits per heavy atom. The number of likely N-dealkylation sites (tertiary alicyclic amines) is 1. The molecule has 1 aromatic carbocycles. The van der Waals surface area contributed by atoms with E-state index in [0.717, 1.165) is 31.2 Å². The van der Waals surface area contributed by atoms with Crippen LogP contribution in [0.2, 0.25) is 0 Å². The highest BCUT2D eigenvalue weighted by Gasteiger charge is 2.44. The summed E-state index contributed by atoms with van der Waals surface area (Å²) in [5.41, 5.74) is 0.970. The van der Waals surface area contributed by atoms with Crippen LogP contribution >= 0.6 is 0 Å². The maximum absolute atomic E-state index is 14.4. The van der Waals surface area contributed by atoms with E-state index in [1.54, 1.807) is 33.2 Å². The van der Waals surface area contributed by atoms with Crippen molar-refractivity contribution in [3.8, 4) is 0 Å². The SMILES string of the molecule is CC[C@H](C)[C@@H]([C@@H](CC(=O)N1CCC[C@H]1[C@H](OC)[C@@H](C)C(=O)C[C@@H](Cc1ccccc1)C(=O)N1OC2C=CC1CC2)OC)N(C)C(=O)[C@@H](CC(=O)[C@@H](NC)C(C)C)C(C)C. The minimum absolute atomic E-state index is 0.00208. The smallest absolute Gasteiger partial charge is 0.250 e. The number of hydroxylamine groups is 2. The highest BCUT2D eigenvalue weighted by molar-refractivity contribution is 5.90. The van der Waals surface area contributed by atoms with E-state index in [1.165, 1.54) is 5.06 Å². The second-order valence-corrected chi connectivity index (χ2v) is 18.0. The third kappa shape index (κ3) is 11.9. The number of methoxy groups -OCH3 is 2. The van der Waals surface area contributed by atoms with Crippen LogP contribution in [0.4, 0.5) is 0 Å². The first-order valence-electron chi connectivity index (χ1n) is 22.1. The van der Waals surface area contributed by atoms with E-state index in [4.69, 9.17) is 14.3 Å². The summed E-state index contributed by atoms with van der Waals surface area (Å²) in [6, 6.07) is 8.50. The summed E-state index contributed by atoms with van der Waals surface area (Å²) in [5, 5.41) is 4.61. The van der Waals surface area contributed by atoms with Gasteiger partial charge in [-0.1, -0.05) is 97.4 Å². The van der Waals surface area contributed by atoms with Crippen molar-refractivity contribution in [2.75, 3.05) is 34.9 Å². The van der Waals surface area contributed by atoms with Gasteiger partial charge in [-0.3, -0.25) is 28.8 Å². The third-order valence-corrected chi connectivity index (χ3v) is 13.4. The van der Waals surface area contributed by atoms with Gasteiger partial charge in [-0.25, -0.2) is 5.06 Å². The van der Waals surface area contributed by atoms with Crippen LogP contribution in [0.15, 0.2) is 42.5 Å². The average Bonchev–Trinajstić information content (AvgIpc) is 3.72. The molecule has 3 heterocycles. The van der Waals surface area contributed by atoms with Crippen molar-refractivity contribution in [1.29, 1.82) is 0 Å². The molecule has 330 valence electrons. The van der Waals surface area contributed by atoms with E-state index in [0.29, 0.717) is 19.4 Å². The Morgan fingerprint density at radius 1 is 0.881 bits per heavy atom. The van der Waals surface area contributed by atoms with Crippen molar-refractivity contribution in [2.24, 2.45) is 35.5 Å². The molecule has 2 saturated heterocycles. The normalized spacial score (nSPS) is 23.1. The molecule has 1 aromatic rings. The minimum Gasteiger partial charge on any atom is -0.379 e. The zero-order chi connectivity index (χ0) is 43.6. The lowest BCUT2D eigenvalue weighted by molar-refractivity contribution is -0.234. The molecule has 0 saturated carbocycles. The Labute approximate surface area is 354 Å². The number of hydrogen-bond acceptors (Lipinski definition) is 9. The molecule has 3 amide bonds. The molecule has 0 radical (unpaired) electrons. The van der Waals surface area contributed by atoms with E-state index in [1.807, 2.05) is 82.0 Å². The van der Waals surface area contributed by atoms with Crippen LogP contribution < -0.4 is 5.32 Å². The molecular weight excluding hydrogens is 749 g/mol. The summed E-state index contributed by atoms with van der Waals surface area (Å²) in [6.07, 6.45) is 7.19. The Bertz CT molecular complexity index is 1580. The van der Waals surface area contributed by atoms with Crippen LogP contribution in [-0.2, 0) is 44.7 Å². The summed E-state index contributed by atoms with van der Waals surface area (Å²) in [7, 11) is 6.71. The van der Waals surface area contributed by atoms with Crippen molar-refractivity contribution < 1.29 is 38.3 Å². The van der Waals surface area contributed by atoms with Gasteiger partial charge in [0.1, 0.15) is 11.9 Å². The molecular formula is C47H74N4O8. The number of ketones is 2. The van der Waals surface area contributed by atoms with Crippen LogP contribution in [0.5, 0.6) is 0 Å². The summed E-state index contributed by atoms with van der Waals surface area (Å²) in [5.74, 6) is -2.23. The van der Waals surface area contributed by atoms with E-state index in [9.17, 15) is 24.0 Å². The lowest BCUT2D eigenvalue weighted by Crippen LogP contribution is -2.54. The minimum atomic E-state index is -0.619. The number of likely N-dealkylation sites (N-methyl/N-ethyl adjacent to an activating group) is 2. The fourth-order valence-corrected chi connectivity index (χ4v) is 9.68. The molecule has 2 unspecified atom stereocenters. The largest absolute Gasteiger partial charge is 0.379 e. The molecule has 2 fully saturated rings. The van der Waals surface area contributed by atoms with E-state index < -0.39 is 36.0 Å². The summed E-state index contributed by atoms with van der Waals surface area (Å²) >= 11 is 0. The van der Waals surface area contributed by atoms with Gasteiger partial charge in [-0.2, -0.15) is 0 Å². The Balaban J connectivity index is 1.50. The van der Waals surface area contributed by atoms with Gasteiger partial charge in [0.05, 0.1) is 48.7 Å². The lowest BCUT2D eigenvalue weighted by Gasteiger charge is -2.41. The maximum atomic E-state index is 14.4. The number of benzene rings is 1. The van der Waals surface area contributed by atoms with E-state index in [2.05, 4.69) is 19.2 Å². The van der Waals surface area contributed by atoms with E-state index >= 15 is 0 Å². The average molecular weight is 823 g/mol. The lowest BCUT2D eigenvalue weighted by atomic mass is 9.84. The van der Waals surface area contributed by atoms with Crippen molar-refractivity contribution in [3.05, 3.63) is 48.0 Å². The van der Waals surface area contributed by atoms with Gasteiger partial charge in [0.25, 0.3) is 5.91 Å². The Kier molecular flexibility index (Phi) is 18.3. The maximum Gasteiger partial charge on any atom is 0.250 e. The molecule has 11 atom stereocenters. The van der Waals surface area contributed by atoms with Crippen LogP contribution in [0.3, 0.4) is 0 Å². The number of hydrogen-bond donors (Lipinski definition) is 1. The van der Waals surface area contributed by atoms with Crippen molar-refractivity contribution in [3.63, 3.8) is 0 Å². The molecule has 4 aliphatic rings. The standard InChI is InChI=1S/C47H74N4O8/c1-12-31(6)44(49(9)47(56)37(29(2)3)27-40(53)43(48-8)30(4)5)41(57-10)28-42(54)50-24-16-19-38(50)45(58-11)32(7)39(52)26-34(25-33-17-14-13-15-18-33)46(55)51-35-20-22-36(59-51)23-21-35/h13-15,17-18,20,22,29-32,34-38,41,43-45,48H,12,16,19,21,23-28H2,1-11H3/t31-,32-,34+,35?,36?,37-,38-,41+,43-,44-,45+/m0/s1. The summed E-state index contributed by atoms with van der Waals surface area (Å²) in [6.45, 7) is 14.4. The van der Waals surface area contributed by atoms with Gasteiger partial charge in [0.2, 0.25) is 11.8 Å². The molecule has 1 N–H and O–H groups in total. The van der Waals surface area contributed by atoms with Crippen LogP contribution in [0.1, 0.15) is 105 Å². The van der Waals surface area contributed by atoms with Crippen LogP contribution in [0, 0.1) is 35.5 Å². The number of carbonyl (C=O) groups excluding carboxylic acids is 5. The number of fused-ring (bicyclic) bond motifs is 2. The molecule has 59 heavy (non-hydrogen) atoms. The molecule has 0 aromatic heterocycles.